The number of pyridine rings is 1. The Morgan fingerprint density at radius 1 is 1.18 bits per heavy atom. The maximum Gasteiger partial charge on any atom is 0.433 e. The molecule has 2 rings (SSSR count). The molecule has 1 aromatic heterocycles. The van der Waals surface area contributed by atoms with Gasteiger partial charge in [0.25, 0.3) is 15.9 Å². The highest BCUT2D eigenvalue weighted by Crippen LogP contribution is 2.44. The topological polar surface area (TPSA) is 99.1 Å². The van der Waals surface area contributed by atoms with E-state index in [4.69, 9.17) is 14.2 Å². The number of allylic oxidation sites excluding steroid dienone is 3. The molecule has 40 heavy (non-hydrogen) atoms. The number of aliphatic imine (C=N–C) groups is 1. The summed E-state index contributed by atoms with van der Waals surface area (Å²) in [4.78, 5) is 7.41. The first kappa shape index (κ1) is 32.4. The lowest BCUT2D eigenvalue weighted by Gasteiger charge is -2.19. The summed E-state index contributed by atoms with van der Waals surface area (Å²) >= 11 is 0. The van der Waals surface area contributed by atoms with Crippen LogP contribution in [0.4, 0.5) is 18.9 Å². The van der Waals surface area contributed by atoms with Gasteiger partial charge in [-0.15, -0.1) is 0 Å². The maximum atomic E-state index is 13.8. The van der Waals surface area contributed by atoms with Crippen LogP contribution in [-0.2, 0) is 16.2 Å². The molecule has 218 valence electrons. The van der Waals surface area contributed by atoms with Crippen molar-refractivity contribution in [2.75, 3.05) is 25.5 Å². The number of alkyl halides is 3. The maximum absolute atomic E-state index is 13.8. The van der Waals surface area contributed by atoms with Crippen molar-refractivity contribution in [1.82, 2.24) is 4.98 Å². The molecule has 0 saturated heterocycles. The molecule has 1 aromatic carbocycles. The minimum Gasteiger partial charge on any atom is -0.493 e. The van der Waals surface area contributed by atoms with E-state index < -0.39 is 44.3 Å². The summed E-state index contributed by atoms with van der Waals surface area (Å²) in [5.74, 6) is -0.590. The molecule has 12 heteroatoms. The first-order valence-corrected chi connectivity index (χ1v) is 13.9. The second-order valence-electron chi connectivity index (χ2n) is 8.74. The first-order valence-electron chi connectivity index (χ1n) is 12.4. The van der Waals surface area contributed by atoms with Crippen LogP contribution in [0.1, 0.15) is 39.3 Å². The fourth-order valence-electron chi connectivity index (χ4n) is 3.07. The van der Waals surface area contributed by atoms with Gasteiger partial charge in [-0.3, -0.25) is 9.71 Å². The molecule has 1 heterocycles. The number of ether oxygens (including phenoxy) is 3. The number of halogens is 3. The van der Waals surface area contributed by atoms with Crippen LogP contribution in [0.3, 0.4) is 0 Å². The number of sulfonamides is 1. The number of anilines is 1. The third-order valence-corrected chi connectivity index (χ3v) is 6.73. The Hall–Kier alpha value is -3.80. The smallest absolute Gasteiger partial charge is 0.433 e. The SMILES string of the molecule is C=C(/C=C\C(=NC)S(=O)(=O)Nc1cc(C(F)(F)F)nc(OC/C=C/CCC)c1Oc1ccccc1OC)C(C)C. The number of nitrogens with zero attached hydrogens (tertiary/aromatic N) is 2. The molecule has 8 nitrogen and oxygen atoms in total. The van der Waals surface area contributed by atoms with E-state index in [9.17, 15) is 21.6 Å². The van der Waals surface area contributed by atoms with E-state index in [-0.39, 0.29) is 24.0 Å². The highest BCUT2D eigenvalue weighted by atomic mass is 32.2. The van der Waals surface area contributed by atoms with Crippen LogP contribution in [0.5, 0.6) is 23.1 Å². The number of unbranched alkanes of at least 4 members (excludes halogenated alkanes) is 1. The van der Waals surface area contributed by atoms with Crippen molar-refractivity contribution >= 4 is 20.8 Å². The van der Waals surface area contributed by atoms with Crippen molar-refractivity contribution in [3.05, 3.63) is 72.5 Å². The Labute approximate surface area is 233 Å². The fraction of sp³-hybridized carbons (Fsp3) is 0.357. The number of hydrogen-bond acceptors (Lipinski definition) is 7. The molecule has 0 saturated carbocycles. The number of nitrogens with one attached hydrogen (secondary N) is 1. The summed E-state index contributed by atoms with van der Waals surface area (Å²) in [6.45, 7) is 9.44. The van der Waals surface area contributed by atoms with Gasteiger partial charge in [0.2, 0.25) is 5.75 Å². The second kappa shape index (κ2) is 14.5. The predicted octanol–water partition coefficient (Wildman–Crippen LogP) is 7.17. The Morgan fingerprint density at radius 2 is 1.85 bits per heavy atom. The summed E-state index contributed by atoms with van der Waals surface area (Å²) in [6.07, 6.45) is 2.81. The molecule has 0 fully saturated rings. The van der Waals surface area contributed by atoms with E-state index in [1.54, 1.807) is 30.4 Å². The molecule has 0 bridgehead atoms. The summed E-state index contributed by atoms with van der Waals surface area (Å²) in [6, 6.07) is 6.88. The molecule has 0 unspecified atom stereocenters. The average molecular weight is 582 g/mol. The largest absolute Gasteiger partial charge is 0.493 e. The van der Waals surface area contributed by atoms with Crippen molar-refractivity contribution in [2.24, 2.45) is 10.9 Å². The van der Waals surface area contributed by atoms with Crippen molar-refractivity contribution < 1.29 is 35.8 Å². The lowest BCUT2D eigenvalue weighted by Crippen LogP contribution is -2.23. The van der Waals surface area contributed by atoms with Crippen LogP contribution < -0.4 is 18.9 Å². The van der Waals surface area contributed by atoms with Gasteiger partial charge in [0, 0.05) is 7.05 Å². The molecule has 2 aromatic rings. The molecule has 0 spiro atoms. The minimum atomic E-state index is -4.92. The lowest BCUT2D eigenvalue weighted by atomic mass is 10.1. The molecule has 0 radical (unpaired) electrons. The molecule has 0 aliphatic rings. The van der Waals surface area contributed by atoms with E-state index in [2.05, 4.69) is 21.3 Å². The number of benzene rings is 1. The number of hydrogen-bond donors (Lipinski definition) is 1. The molecule has 0 aliphatic carbocycles. The first-order chi connectivity index (χ1) is 18.8. The van der Waals surface area contributed by atoms with Gasteiger partial charge in [-0.25, -0.2) is 4.98 Å². The van der Waals surface area contributed by atoms with Crippen molar-refractivity contribution in [1.29, 1.82) is 0 Å². The number of aromatic nitrogens is 1. The standard InChI is InChI=1S/C28H34F3N3O5S/c1-7-8-9-12-17-38-27-26(39-23-14-11-10-13-22(23)37-6)21(18-24(33-27)28(29,30)31)34-40(35,36)25(32-5)16-15-20(4)19(2)3/h9-16,18-19H,4,7-8,17H2,1-3,5-6H3,(H,33,34)/b12-9+,16-15-,32-25?. The quantitative estimate of drug-likeness (QED) is 0.117. The zero-order chi connectivity index (χ0) is 29.9. The van der Waals surface area contributed by atoms with Crippen LogP contribution >= 0.6 is 0 Å². The molecular formula is C28H34F3N3O5S. The highest BCUT2D eigenvalue weighted by Gasteiger charge is 2.36. The van der Waals surface area contributed by atoms with E-state index in [0.717, 1.165) is 12.8 Å². The van der Waals surface area contributed by atoms with Gasteiger partial charge in [-0.05, 0) is 36.6 Å². The van der Waals surface area contributed by atoms with Crippen molar-refractivity contribution in [3.8, 4) is 23.1 Å². The third-order valence-electron chi connectivity index (χ3n) is 5.37. The Morgan fingerprint density at radius 3 is 2.42 bits per heavy atom. The van der Waals surface area contributed by atoms with Gasteiger partial charge in [0.1, 0.15) is 6.61 Å². The normalized spacial score (nSPS) is 12.8. The third kappa shape index (κ3) is 9.15. The predicted molar refractivity (Wildman–Crippen MR) is 151 cm³/mol. The van der Waals surface area contributed by atoms with Crippen LogP contribution in [0.2, 0.25) is 0 Å². The van der Waals surface area contributed by atoms with Crippen LogP contribution in [0.25, 0.3) is 0 Å². The minimum absolute atomic E-state index is 0.0338. The van der Waals surface area contributed by atoms with Gasteiger partial charge in [-0.1, -0.05) is 69.7 Å². The Balaban J connectivity index is 2.69. The second-order valence-corrected chi connectivity index (χ2v) is 10.4. The lowest BCUT2D eigenvalue weighted by molar-refractivity contribution is -0.141. The van der Waals surface area contributed by atoms with E-state index in [1.807, 2.05) is 20.8 Å². The molecule has 0 amide bonds. The summed E-state index contributed by atoms with van der Waals surface area (Å²) in [5, 5.41) is -0.437. The van der Waals surface area contributed by atoms with E-state index in [0.29, 0.717) is 11.6 Å². The number of rotatable bonds is 13. The molecule has 1 N–H and O–H groups in total. The summed E-state index contributed by atoms with van der Waals surface area (Å²) in [5.41, 5.74) is -1.31. The monoisotopic (exact) mass is 581 g/mol. The highest BCUT2D eigenvalue weighted by molar-refractivity contribution is 8.07. The van der Waals surface area contributed by atoms with Crippen molar-refractivity contribution in [2.45, 2.75) is 39.8 Å². The van der Waals surface area contributed by atoms with Gasteiger partial charge in [0.15, 0.2) is 22.2 Å². The van der Waals surface area contributed by atoms with Gasteiger partial charge >= 0.3 is 6.18 Å². The summed E-state index contributed by atoms with van der Waals surface area (Å²) in [7, 11) is -1.87. The average Bonchev–Trinajstić information content (AvgIpc) is 2.89. The number of methoxy groups -OCH3 is 1. The zero-order valence-corrected chi connectivity index (χ0v) is 23.9. The summed E-state index contributed by atoms with van der Waals surface area (Å²) < 4.78 is 87.0. The Kier molecular flexibility index (Phi) is 11.8. The van der Waals surface area contributed by atoms with Crippen LogP contribution in [0, 0.1) is 5.92 Å². The van der Waals surface area contributed by atoms with E-state index >= 15 is 0 Å². The zero-order valence-electron chi connectivity index (χ0n) is 23.1. The van der Waals surface area contributed by atoms with Crippen LogP contribution in [0.15, 0.2) is 71.8 Å². The molecular weight excluding hydrogens is 547 g/mol. The Bertz CT molecular complexity index is 1370. The van der Waals surface area contributed by atoms with Crippen molar-refractivity contribution in [3.63, 3.8) is 0 Å². The fourth-order valence-corrected chi connectivity index (χ4v) is 4.11. The molecule has 0 atom stereocenters. The molecule has 0 aliphatic heterocycles. The van der Waals surface area contributed by atoms with Crippen LogP contribution in [-0.4, -0.2) is 39.2 Å². The van der Waals surface area contributed by atoms with E-state index in [1.165, 1.54) is 32.4 Å². The van der Waals surface area contributed by atoms with Gasteiger partial charge in [0.05, 0.1) is 12.8 Å². The number of para-hydroxylation sites is 2. The van der Waals surface area contributed by atoms with Gasteiger partial charge < -0.3 is 14.2 Å². The van der Waals surface area contributed by atoms with Gasteiger partial charge in [-0.2, -0.15) is 21.6 Å².